The number of carboxylic acids is 2. The fraction of sp³-hybridized carbons (Fsp3) is 0.154. The van der Waals surface area contributed by atoms with E-state index in [9.17, 15) is 9.59 Å². The topological polar surface area (TPSA) is 74.6 Å². The summed E-state index contributed by atoms with van der Waals surface area (Å²) in [6.45, 7) is 4.76. The molecule has 6 heteroatoms. The zero-order valence-electron chi connectivity index (χ0n) is 18.2. The van der Waals surface area contributed by atoms with E-state index in [1.165, 1.54) is 10.4 Å². The van der Waals surface area contributed by atoms with E-state index in [-0.39, 0.29) is 21.7 Å². The molecule has 2 aliphatic carbocycles. The summed E-state index contributed by atoms with van der Waals surface area (Å²) in [6, 6.07) is 16.6. The molecule has 2 aromatic rings. The second-order valence-corrected chi connectivity index (χ2v) is 11.7. The summed E-state index contributed by atoms with van der Waals surface area (Å²) in [5.41, 5.74) is 0.662. The van der Waals surface area contributed by atoms with Crippen LogP contribution in [-0.2, 0) is 21.7 Å². The van der Waals surface area contributed by atoms with Gasteiger partial charge < -0.3 is 10.2 Å². The molecule has 0 fully saturated rings. The van der Waals surface area contributed by atoms with Crippen molar-refractivity contribution in [2.24, 2.45) is 0 Å². The van der Waals surface area contributed by atoms with Crippen molar-refractivity contribution in [1.29, 1.82) is 0 Å². The van der Waals surface area contributed by atoms with Gasteiger partial charge in [-0.15, -0.1) is 12.8 Å². The third-order valence-electron chi connectivity index (χ3n) is 4.78. The minimum atomic E-state index is -1.40. The summed E-state index contributed by atoms with van der Waals surface area (Å²) in [5, 5.41) is 19.7. The molecule has 4 rings (SSSR count). The maximum Gasteiger partial charge on any atom is 2.00 e. The molecule has 2 aliphatic rings. The van der Waals surface area contributed by atoms with Crippen molar-refractivity contribution in [1.82, 2.24) is 0 Å². The van der Waals surface area contributed by atoms with Crippen LogP contribution in [0.5, 0.6) is 0 Å². The molecule has 0 saturated heterocycles. The summed E-state index contributed by atoms with van der Waals surface area (Å²) in [5.74, 6) is -1.76. The number of hydrogen-bond acceptors (Lipinski definition) is 2. The fourth-order valence-corrected chi connectivity index (χ4v) is 5.42. The van der Waals surface area contributed by atoms with E-state index in [0.717, 1.165) is 12.8 Å². The summed E-state index contributed by atoms with van der Waals surface area (Å²) in [4.78, 5) is 20.4. The van der Waals surface area contributed by atoms with Crippen LogP contribution in [0.15, 0.2) is 95.4 Å². The number of allylic oxidation sites excluding steroid dienone is 8. The standard InChI is InChI=1S/C12H14Si.2C7H6O2.Ti/c1-13(2,11-7-3-4-8-11)12-9-5-6-10-12;2*8-7(9)6-4-2-1-3-5-6;/h3,5,7,9H,4,6H2,1-2H3;2*1-5H,(H,8,9);/q-2;;;+2. The Kier molecular flexibility index (Phi) is 11.6. The Balaban J connectivity index is 0.000000243. The molecule has 4 nitrogen and oxygen atoms in total. The molecular formula is C26H26O4SiTi. The zero-order chi connectivity index (χ0) is 22.7. The maximum atomic E-state index is 10.2. The summed E-state index contributed by atoms with van der Waals surface area (Å²) in [6.07, 6.45) is 17.8. The number of carbonyl (C=O) groups is 2. The molecule has 0 spiro atoms. The first kappa shape index (κ1) is 27.3. The van der Waals surface area contributed by atoms with Crippen LogP contribution >= 0.6 is 0 Å². The van der Waals surface area contributed by atoms with E-state index < -0.39 is 20.0 Å². The largest absolute Gasteiger partial charge is 2.00 e. The minimum absolute atomic E-state index is 0. The van der Waals surface area contributed by atoms with E-state index in [1.807, 2.05) is 0 Å². The van der Waals surface area contributed by atoms with Crippen LogP contribution < -0.4 is 0 Å². The second-order valence-electron chi connectivity index (χ2n) is 7.36. The van der Waals surface area contributed by atoms with Crippen molar-refractivity contribution in [3.8, 4) is 0 Å². The Bertz CT molecular complexity index is 925. The van der Waals surface area contributed by atoms with Gasteiger partial charge in [-0.2, -0.15) is 12.2 Å². The Morgan fingerprint density at radius 1 is 0.719 bits per heavy atom. The number of rotatable bonds is 4. The van der Waals surface area contributed by atoms with Crippen LogP contribution in [-0.4, -0.2) is 30.2 Å². The molecule has 0 saturated carbocycles. The Hall–Kier alpha value is -2.73. The number of carboxylic acid groups (broad SMARTS) is 2. The predicted octanol–water partition coefficient (Wildman–Crippen LogP) is 5.92. The minimum Gasteiger partial charge on any atom is -0.478 e. The number of benzene rings is 2. The van der Waals surface area contributed by atoms with Gasteiger partial charge in [-0.25, -0.2) is 32.1 Å². The maximum absolute atomic E-state index is 10.2. The van der Waals surface area contributed by atoms with Crippen molar-refractivity contribution in [2.45, 2.75) is 25.9 Å². The van der Waals surface area contributed by atoms with Gasteiger partial charge in [-0.05, 0) is 24.3 Å². The molecule has 0 radical (unpaired) electrons. The van der Waals surface area contributed by atoms with Gasteiger partial charge in [-0.1, -0.05) is 49.5 Å². The first-order valence-electron chi connectivity index (χ1n) is 9.94. The summed E-state index contributed by atoms with van der Waals surface area (Å²) >= 11 is 0. The fourth-order valence-electron chi connectivity index (χ4n) is 2.97. The van der Waals surface area contributed by atoms with Crippen LogP contribution in [0.25, 0.3) is 0 Å². The average Bonchev–Trinajstić information content (AvgIpc) is 3.51. The van der Waals surface area contributed by atoms with Crippen molar-refractivity contribution in [3.05, 3.63) is 119 Å². The smallest absolute Gasteiger partial charge is 0.478 e. The van der Waals surface area contributed by atoms with Crippen molar-refractivity contribution >= 4 is 20.0 Å². The van der Waals surface area contributed by atoms with Crippen molar-refractivity contribution < 1.29 is 41.5 Å². The van der Waals surface area contributed by atoms with Gasteiger partial charge in [0.05, 0.1) is 11.1 Å². The molecule has 0 bridgehead atoms. The van der Waals surface area contributed by atoms with Gasteiger partial charge in [0.2, 0.25) is 0 Å². The molecule has 0 heterocycles. The van der Waals surface area contributed by atoms with Gasteiger partial charge in [0.1, 0.15) is 0 Å². The second kappa shape index (κ2) is 13.6. The quantitative estimate of drug-likeness (QED) is 0.423. The van der Waals surface area contributed by atoms with E-state index in [1.54, 1.807) is 60.7 Å². The Labute approximate surface area is 205 Å². The molecule has 0 aromatic heterocycles. The summed E-state index contributed by atoms with van der Waals surface area (Å²) < 4.78 is 0. The SMILES string of the molecule is C[Si](C)(C1=[C-]CC=C1)C1=[C-]CC=C1.O=C(O)c1ccccc1.O=C(O)c1ccccc1.[Ti+2]. The molecule has 32 heavy (non-hydrogen) atoms. The normalized spacial score (nSPS) is 13.4. The van der Waals surface area contributed by atoms with Crippen molar-refractivity contribution in [2.75, 3.05) is 0 Å². The van der Waals surface area contributed by atoms with Crippen LogP contribution in [0.1, 0.15) is 33.6 Å². The van der Waals surface area contributed by atoms with Gasteiger partial charge in [0, 0.05) is 8.07 Å². The molecule has 162 valence electrons. The monoisotopic (exact) mass is 478 g/mol. The van der Waals surface area contributed by atoms with Crippen LogP contribution in [0.3, 0.4) is 0 Å². The molecule has 2 N–H and O–H groups in total. The summed E-state index contributed by atoms with van der Waals surface area (Å²) in [7, 11) is -1.40. The zero-order valence-corrected chi connectivity index (χ0v) is 20.8. The third kappa shape index (κ3) is 8.42. The van der Waals surface area contributed by atoms with Crippen LogP contribution in [0.2, 0.25) is 13.1 Å². The molecule has 0 unspecified atom stereocenters. The van der Waals surface area contributed by atoms with Gasteiger partial charge >= 0.3 is 33.7 Å². The van der Waals surface area contributed by atoms with Crippen molar-refractivity contribution in [3.63, 3.8) is 0 Å². The van der Waals surface area contributed by atoms with E-state index in [4.69, 9.17) is 10.2 Å². The molecule has 0 aliphatic heterocycles. The van der Waals surface area contributed by atoms with E-state index in [0.29, 0.717) is 11.1 Å². The van der Waals surface area contributed by atoms with Gasteiger partial charge in [0.25, 0.3) is 0 Å². The molecular weight excluding hydrogens is 452 g/mol. The molecule has 2 aromatic carbocycles. The number of hydrogen-bond donors (Lipinski definition) is 2. The van der Waals surface area contributed by atoms with Crippen LogP contribution in [0, 0.1) is 12.2 Å². The van der Waals surface area contributed by atoms with E-state index in [2.05, 4.69) is 49.6 Å². The molecule has 0 atom stereocenters. The predicted molar refractivity (Wildman–Crippen MR) is 125 cm³/mol. The first-order valence-corrected chi connectivity index (χ1v) is 12.9. The third-order valence-corrected chi connectivity index (χ3v) is 8.16. The Morgan fingerprint density at radius 2 is 1.06 bits per heavy atom. The number of aromatic carboxylic acids is 2. The van der Waals surface area contributed by atoms with E-state index >= 15 is 0 Å². The average molecular weight is 478 g/mol. The first-order chi connectivity index (χ1) is 14.8. The van der Waals surface area contributed by atoms with Crippen LogP contribution in [0.4, 0.5) is 0 Å². The van der Waals surface area contributed by atoms with Gasteiger partial charge in [-0.3, -0.25) is 12.2 Å². The molecule has 0 amide bonds. The van der Waals surface area contributed by atoms with Gasteiger partial charge in [0.15, 0.2) is 0 Å². The Morgan fingerprint density at radius 3 is 1.28 bits per heavy atom.